The molecule has 1 aromatic carbocycles. The maximum atomic E-state index is 10.8. The number of piperidine rings is 1. The van der Waals surface area contributed by atoms with Crippen molar-refractivity contribution in [2.75, 3.05) is 18.0 Å². The van der Waals surface area contributed by atoms with Crippen LogP contribution in [0.3, 0.4) is 0 Å². The average Bonchev–Trinajstić information content (AvgIpc) is 2.45. The standard InChI is InChI=1S/C17H24N2O/c1-13(2)15-12-14(7-9-17(18)20)6-8-16(15)19-10-4-3-5-11-19/h6-9,12-13H,3-5,10-11H2,1-2H3,(H2,18,20)/b9-7-. The van der Waals surface area contributed by atoms with Gasteiger partial charge in [0.1, 0.15) is 0 Å². The molecule has 0 aromatic heterocycles. The number of benzene rings is 1. The second-order valence-corrected chi connectivity index (χ2v) is 5.76. The molecule has 0 bridgehead atoms. The average molecular weight is 272 g/mol. The highest BCUT2D eigenvalue weighted by Crippen LogP contribution is 2.31. The van der Waals surface area contributed by atoms with Crippen molar-refractivity contribution in [1.82, 2.24) is 0 Å². The van der Waals surface area contributed by atoms with Crippen LogP contribution in [-0.4, -0.2) is 19.0 Å². The zero-order valence-electron chi connectivity index (χ0n) is 12.4. The fourth-order valence-electron chi connectivity index (χ4n) is 2.74. The number of hydrogen-bond donors (Lipinski definition) is 1. The maximum Gasteiger partial charge on any atom is 0.241 e. The summed E-state index contributed by atoms with van der Waals surface area (Å²) < 4.78 is 0. The smallest absolute Gasteiger partial charge is 0.241 e. The largest absolute Gasteiger partial charge is 0.371 e. The van der Waals surface area contributed by atoms with Gasteiger partial charge in [0.2, 0.25) is 5.91 Å². The van der Waals surface area contributed by atoms with Crippen molar-refractivity contribution in [3.8, 4) is 0 Å². The molecule has 2 rings (SSSR count). The highest BCUT2D eigenvalue weighted by Gasteiger charge is 2.16. The SMILES string of the molecule is CC(C)c1cc(/C=C\C(N)=O)ccc1N1CCCCC1. The van der Waals surface area contributed by atoms with Gasteiger partial charge >= 0.3 is 0 Å². The molecule has 1 amide bonds. The highest BCUT2D eigenvalue weighted by atomic mass is 16.1. The fraction of sp³-hybridized carbons (Fsp3) is 0.471. The van der Waals surface area contributed by atoms with E-state index in [0.29, 0.717) is 5.92 Å². The van der Waals surface area contributed by atoms with Gasteiger partial charge in [-0.05, 0) is 54.5 Å². The topological polar surface area (TPSA) is 46.3 Å². The molecule has 0 saturated carbocycles. The molecule has 0 aliphatic carbocycles. The second-order valence-electron chi connectivity index (χ2n) is 5.76. The van der Waals surface area contributed by atoms with Crippen LogP contribution in [0.4, 0.5) is 5.69 Å². The van der Waals surface area contributed by atoms with Crippen LogP contribution in [0.15, 0.2) is 24.3 Å². The summed E-state index contributed by atoms with van der Waals surface area (Å²) in [6, 6.07) is 6.42. The van der Waals surface area contributed by atoms with Gasteiger partial charge in [0.15, 0.2) is 0 Å². The lowest BCUT2D eigenvalue weighted by atomic mass is 9.96. The Hall–Kier alpha value is -1.77. The van der Waals surface area contributed by atoms with Crippen LogP contribution in [0.5, 0.6) is 0 Å². The minimum absolute atomic E-state index is 0.406. The Morgan fingerprint density at radius 1 is 1.25 bits per heavy atom. The molecule has 1 fully saturated rings. The summed E-state index contributed by atoms with van der Waals surface area (Å²) in [7, 11) is 0. The first kappa shape index (κ1) is 14.6. The quantitative estimate of drug-likeness (QED) is 0.855. The lowest BCUT2D eigenvalue weighted by molar-refractivity contribution is -0.113. The molecule has 108 valence electrons. The van der Waals surface area contributed by atoms with Crippen molar-refractivity contribution in [3.05, 3.63) is 35.4 Å². The first-order valence-electron chi connectivity index (χ1n) is 7.44. The van der Waals surface area contributed by atoms with E-state index in [1.54, 1.807) is 6.08 Å². The Bertz CT molecular complexity index is 500. The third-order valence-corrected chi connectivity index (χ3v) is 3.81. The van der Waals surface area contributed by atoms with Crippen LogP contribution in [0.25, 0.3) is 6.08 Å². The van der Waals surface area contributed by atoms with Crippen molar-refractivity contribution >= 4 is 17.7 Å². The zero-order valence-corrected chi connectivity index (χ0v) is 12.4. The molecule has 3 nitrogen and oxygen atoms in total. The van der Waals surface area contributed by atoms with Crippen LogP contribution in [-0.2, 0) is 4.79 Å². The summed E-state index contributed by atoms with van der Waals surface area (Å²) in [6.07, 6.45) is 7.10. The predicted octanol–water partition coefficient (Wildman–Crippen LogP) is 3.30. The van der Waals surface area contributed by atoms with Gasteiger partial charge in [-0.3, -0.25) is 4.79 Å². The van der Waals surface area contributed by atoms with Gasteiger partial charge in [-0.15, -0.1) is 0 Å². The Morgan fingerprint density at radius 3 is 2.55 bits per heavy atom. The summed E-state index contributed by atoms with van der Waals surface area (Å²) in [5.74, 6) is 0.0602. The number of nitrogens with zero attached hydrogens (tertiary/aromatic N) is 1. The molecule has 1 aliphatic heterocycles. The first-order chi connectivity index (χ1) is 9.58. The van der Waals surface area contributed by atoms with Gasteiger partial charge < -0.3 is 10.6 Å². The van der Waals surface area contributed by atoms with Crippen LogP contribution in [0, 0.1) is 0 Å². The highest BCUT2D eigenvalue weighted by molar-refractivity contribution is 5.90. The van der Waals surface area contributed by atoms with Crippen LogP contribution < -0.4 is 10.6 Å². The summed E-state index contributed by atoms with van der Waals surface area (Å²) in [5, 5.41) is 0. The van der Waals surface area contributed by atoms with E-state index in [2.05, 4.69) is 36.9 Å². The second kappa shape index (κ2) is 6.60. The fourth-order valence-corrected chi connectivity index (χ4v) is 2.74. The normalized spacial score (nSPS) is 16.1. The van der Waals surface area contributed by atoms with Gasteiger partial charge in [-0.2, -0.15) is 0 Å². The Kier molecular flexibility index (Phi) is 4.83. The van der Waals surface area contributed by atoms with Crippen LogP contribution in [0.1, 0.15) is 50.2 Å². The number of hydrogen-bond acceptors (Lipinski definition) is 2. The predicted molar refractivity (Wildman–Crippen MR) is 84.8 cm³/mol. The van der Waals surface area contributed by atoms with Gasteiger partial charge in [0.25, 0.3) is 0 Å². The third kappa shape index (κ3) is 3.62. The molecular weight excluding hydrogens is 248 g/mol. The first-order valence-corrected chi connectivity index (χ1v) is 7.44. The molecule has 0 unspecified atom stereocenters. The summed E-state index contributed by atoms with van der Waals surface area (Å²) in [6.45, 7) is 6.72. The molecule has 1 aliphatic rings. The molecular formula is C17H24N2O. The van der Waals surface area contributed by atoms with E-state index >= 15 is 0 Å². The van der Waals surface area contributed by atoms with Gasteiger partial charge in [0, 0.05) is 24.9 Å². The Morgan fingerprint density at radius 2 is 1.95 bits per heavy atom. The molecule has 2 N–H and O–H groups in total. The molecule has 1 saturated heterocycles. The van der Waals surface area contributed by atoms with E-state index < -0.39 is 5.91 Å². The van der Waals surface area contributed by atoms with Crippen molar-refractivity contribution in [2.24, 2.45) is 5.73 Å². The number of amides is 1. The van der Waals surface area contributed by atoms with E-state index in [1.165, 1.54) is 36.6 Å². The Labute approximate surface area is 121 Å². The van der Waals surface area contributed by atoms with E-state index in [-0.39, 0.29) is 0 Å². The maximum absolute atomic E-state index is 10.8. The molecule has 3 heteroatoms. The van der Waals surface area contributed by atoms with E-state index in [4.69, 9.17) is 5.73 Å². The van der Waals surface area contributed by atoms with Gasteiger partial charge in [-0.25, -0.2) is 0 Å². The van der Waals surface area contributed by atoms with Crippen molar-refractivity contribution in [2.45, 2.75) is 39.0 Å². The lowest BCUT2D eigenvalue weighted by Gasteiger charge is -2.31. The van der Waals surface area contributed by atoms with E-state index in [1.807, 2.05) is 0 Å². The summed E-state index contributed by atoms with van der Waals surface area (Å²) in [4.78, 5) is 13.3. The third-order valence-electron chi connectivity index (χ3n) is 3.81. The molecule has 0 spiro atoms. The van der Waals surface area contributed by atoms with Crippen molar-refractivity contribution in [1.29, 1.82) is 0 Å². The number of primary amides is 1. The number of carbonyl (C=O) groups excluding carboxylic acids is 1. The number of rotatable bonds is 4. The van der Waals surface area contributed by atoms with E-state index in [0.717, 1.165) is 18.7 Å². The number of anilines is 1. The van der Waals surface area contributed by atoms with Crippen LogP contribution >= 0.6 is 0 Å². The van der Waals surface area contributed by atoms with Crippen LogP contribution in [0.2, 0.25) is 0 Å². The summed E-state index contributed by atoms with van der Waals surface area (Å²) >= 11 is 0. The van der Waals surface area contributed by atoms with E-state index in [9.17, 15) is 4.79 Å². The monoisotopic (exact) mass is 272 g/mol. The molecule has 1 heterocycles. The van der Waals surface area contributed by atoms with Gasteiger partial charge in [0.05, 0.1) is 0 Å². The summed E-state index contributed by atoms with van der Waals surface area (Å²) in [5.41, 5.74) is 8.88. The molecule has 0 radical (unpaired) electrons. The van der Waals surface area contributed by atoms with Gasteiger partial charge in [-0.1, -0.05) is 19.9 Å². The Balaban J connectivity index is 2.30. The zero-order chi connectivity index (χ0) is 14.5. The lowest BCUT2D eigenvalue weighted by Crippen LogP contribution is -2.30. The number of carbonyl (C=O) groups is 1. The minimum atomic E-state index is -0.406. The van der Waals surface area contributed by atoms with Crippen molar-refractivity contribution in [3.63, 3.8) is 0 Å². The van der Waals surface area contributed by atoms with Crippen molar-refractivity contribution < 1.29 is 4.79 Å². The molecule has 1 aromatic rings. The molecule has 20 heavy (non-hydrogen) atoms. The number of nitrogens with two attached hydrogens (primary N) is 1. The molecule has 0 atom stereocenters. The minimum Gasteiger partial charge on any atom is -0.371 e.